The van der Waals surface area contributed by atoms with Gasteiger partial charge < -0.3 is 10.6 Å². The Labute approximate surface area is 142 Å². The summed E-state index contributed by atoms with van der Waals surface area (Å²) in [5, 5.41) is 1.19. The monoisotopic (exact) mass is 350 g/mol. The van der Waals surface area contributed by atoms with Gasteiger partial charge in [0.15, 0.2) is 0 Å². The Morgan fingerprint density at radius 3 is 2.52 bits per heavy atom. The Kier molecular flexibility index (Phi) is 7.28. The number of hydrogen-bond donors (Lipinski definition) is 1. The van der Waals surface area contributed by atoms with Crippen LogP contribution in [-0.4, -0.2) is 24.4 Å². The Balaban J connectivity index is 0.00000220. The third-order valence-electron chi connectivity index (χ3n) is 4.11. The van der Waals surface area contributed by atoms with Gasteiger partial charge >= 0.3 is 0 Å². The fourth-order valence-corrected chi connectivity index (χ4v) is 3.44. The molecule has 1 saturated carbocycles. The largest absolute Gasteiger partial charge is 0.341 e. The van der Waals surface area contributed by atoms with Crippen molar-refractivity contribution in [3.8, 4) is 0 Å². The highest BCUT2D eigenvalue weighted by Crippen LogP contribution is 2.33. The van der Waals surface area contributed by atoms with E-state index in [-0.39, 0.29) is 24.2 Å². The van der Waals surface area contributed by atoms with Gasteiger partial charge in [0.05, 0.1) is 0 Å². The molecular weight excluding hydrogens is 331 g/mol. The number of rotatable bonds is 4. The predicted octanol–water partition coefficient (Wildman–Crippen LogP) is 3.75. The van der Waals surface area contributed by atoms with Crippen LogP contribution in [0.2, 0.25) is 10.0 Å². The Morgan fingerprint density at radius 2 is 1.95 bits per heavy atom. The van der Waals surface area contributed by atoms with Crippen LogP contribution in [0.25, 0.3) is 0 Å². The number of halogens is 3. The minimum atomic E-state index is 0. The maximum Gasteiger partial charge on any atom is 0.226 e. The van der Waals surface area contributed by atoms with E-state index in [0.29, 0.717) is 29.1 Å². The van der Waals surface area contributed by atoms with Crippen LogP contribution in [-0.2, 0) is 11.3 Å². The van der Waals surface area contributed by atoms with Crippen LogP contribution < -0.4 is 5.73 Å². The molecule has 1 aromatic rings. The van der Waals surface area contributed by atoms with Gasteiger partial charge in [0.25, 0.3) is 0 Å². The SMILES string of the molecule is CN(Cc1c(Cl)cccc1Cl)C(=O)[C@@H]1CCC[C@@H]1CN.Cl. The van der Waals surface area contributed by atoms with E-state index in [0.717, 1.165) is 24.8 Å². The summed E-state index contributed by atoms with van der Waals surface area (Å²) in [6, 6.07) is 5.39. The highest BCUT2D eigenvalue weighted by atomic mass is 35.5. The van der Waals surface area contributed by atoms with Gasteiger partial charge in [-0.3, -0.25) is 4.79 Å². The van der Waals surface area contributed by atoms with Crippen molar-refractivity contribution in [2.24, 2.45) is 17.6 Å². The van der Waals surface area contributed by atoms with Gasteiger partial charge in [0.1, 0.15) is 0 Å². The first kappa shape index (κ1) is 18.6. The molecule has 1 aromatic carbocycles. The number of carbonyl (C=O) groups excluding carboxylic acids is 1. The van der Waals surface area contributed by atoms with E-state index in [1.165, 1.54) is 0 Å². The molecule has 1 aliphatic carbocycles. The van der Waals surface area contributed by atoms with E-state index in [1.54, 1.807) is 30.1 Å². The highest BCUT2D eigenvalue weighted by molar-refractivity contribution is 6.36. The second-order valence-corrected chi connectivity index (χ2v) is 6.24. The smallest absolute Gasteiger partial charge is 0.226 e. The minimum absolute atomic E-state index is 0. The summed E-state index contributed by atoms with van der Waals surface area (Å²) in [6.07, 6.45) is 3.06. The number of nitrogens with zero attached hydrogens (tertiary/aromatic N) is 1. The molecule has 0 spiro atoms. The molecule has 2 N–H and O–H groups in total. The third kappa shape index (κ3) is 4.26. The lowest BCUT2D eigenvalue weighted by Gasteiger charge is -2.25. The summed E-state index contributed by atoms with van der Waals surface area (Å²) in [4.78, 5) is 14.2. The van der Waals surface area contributed by atoms with Gasteiger partial charge in [-0.25, -0.2) is 0 Å². The summed E-state index contributed by atoms with van der Waals surface area (Å²) in [7, 11) is 1.80. The molecule has 0 aromatic heterocycles. The van der Waals surface area contributed by atoms with Crippen molar-refractivity contribution in [2.75, 3.05) is 13.6 Å². The fraction of sp³-hybridized carbons (Fsp3) is 0.533. The zero-order valence-corrected chi connectivity index (χ0v) is 14.3. The lowest BCUT2D eigenvalue weighted by atomic mass is 9.95. The first-order chi connectivity index (χ1) is 9.54. The average Bonchev–Trinajstić information content (AvgIpc) is 2.90. The molecule has 1 amide bonds. The van der Waals surface area contributed by atoms with Gasteiger partial charge in [-0.15, -0.1) is 12.4 Å². The quantitative estimate of drug-likeness (QED) is 0.898. The summed E-state index contributed by atoms with van der Waals surface area (Å²) >= 11 is 12.3. The molecule has 2 atom stereocenters. The van der Waals surface area contributed by atoms with Crippen LogP contribution >= 0.6 is 35.6 Å². The molecule has 0 radical (unpaired) electrons. The van der Waals surface area contributed by atoms with Crippen LogP contribution in [0.5, 0.6) is 0 Å². The van der Waals surface area contributed by atoms with Crippen molar-refractivity contribution in [3.05, 3.63) is 33.8 Å². The number of nitrogens with two attached hydrogens (primary N) is 1. The number of carbonyl (C=O) groups is 1. The van der Waals surface area contributed by atoms with Gasteiger partial charge in [-0.05, 0) is 37.4 Å². The van der Waals surface area contributed by atoms with E-state index >= 15 is 0 Å². The molecule has 2 rings (SSSR count). The first-order valence-corrected chi connectivity index (χ1v) is 7.68. The molecule has 3 nitrogen and oxygen atoms in total. The molecule has 1 fully saturated rings. The molecule has 1 aliphatic rings. The molecule has 0 heterocycles. The minimum Gasteiger partial charge on any atom is -0.341 e. The average molecular weight is 352 g/mol. The van der Waals surface area contributed by atoms with Gasteiger partial charge in [0, 0.05) is 35.1 Å². The topological polar surface area (TPSA) is 46.3 Å². The molecule has 0 unspecified atom stereocenters. The van der Waals surface area contributed by atoms with E-state index in [9.17, 15) is 4.79 Å². The van der Waals surface area contributed by atoms with Crippen LogP contribution in [0.1, 0.15) is 24.8 Å². The first-order valence-electron chi connectivity index (χ1n) is 6.92. The summed E-state index contributed by atoms with van der Waals surface area (Å²) < 4.78 is 0. The zero-order chi connectivity index (χ0) is 14.7. The second kappa shape index (κ2) is 8.23. The standard InChI is InChI=1S/C15H20Cl2N2O.ClH/c1-19(9-12-13(16)6-3-7-14(12)17)15(20)11-5-2-4-10(11)8-18;/h3,6-7,10-11H,2,4-5,8-9,18H2,1H3;1H/t10-,11-;/m1./s1. The summed E-state index contributed by atoms with van der Waals surface area (Å²) in [5.41, 5.74) is 6.55. The number of amides is 1. The molecule has 0 aliphatic heterocycles. The van der Waals surface area contributed by atoms with Crippen molar-refractivity contribution in [1.29, 1.82) is 0 Å². The van der Waals surface area contributed by atoms with Crippen molar-refractivity contribution >= 4 is 41.5 Å². The predicted molar refractivity (Wildman–Crippen MR) is 90.1 cm³/mol. The Bertz CT molecular complexity index is 476. The molecular formula is C15H21Cl3N2O. The molecule has 0 saturated heterocycles. The van der Waals surface area contributed by atoms with Crippen molar-refractivity contribution < 1.29 is 4.79 Å². The molecule has 6 heteroatoms. The van der Waals surface area contributed by atoms with Crippen LogP contribution in [0, 0.1) is 11.8 Å². The summed E-state index contributed by atoms with van der Waals surface area (Å²) in [5.74, 6) is 0.506. The van der Waals surface area contributed by atoms with Crippen LogP contribution in [0.15, 0.2) is 18.2 Å². The maximum atomic E-state index is 12.5. The van der Waals surface area contributed by atoms with Crippen LogP contribution in [0.3, 0.4) is 0 Å². The lowest BCUT2D eigenvalue weighted by molar-refractivity contribution is -0.135. The molecule has 0 bridgehead atoms. The van der Waals surface area contributed by atoms with E-state index in [4.69, 9.17) is 28.9 Å². The lowest BCUT2D eigenvalue weighted by Crippen LogP contribution is -2.36. The molecule has 21 heavy (non-hydrogen) atoms. The van der Waals surface area contributed by atoms with Crippen LogP contribution in [0.4, 0.5) is 0 Å². The van der Waals surface area contributed by atoms with E-state index in [2.05, 4.69) is 0 Å². The Hall–Kier alpha value is -0.480. The fourth-order valence-electron chi connectivity index (χ4n) is 2.93. The van der Waals surface area contributed by atoms with Crippen molar-refractivity contribution in [1.82, 2.24) is 4.90 Å². The van der Waals surface area contributed by atoms with Gasteiger partial charge in [0.2, 0.25) is 5.91 Å². The number of hydrogen-bond acceptors (Lipinski definition) is 2. The van der Waals surface area contributed by atoms with Gasteiger partial charge in [-0.1, -0.05) is 35.7 Å². The van der Waals surface area contributed by atoms with Crippen molar-refractivity contribution in [2.45, 2.75) is 25.8 Å². The highest BCUT2D eigenvalue weighted by Gasteiger charge is 2.33. The van der Waals surface area contributed by atoms with Crippen molar-refractivity contribution in [3.63, 3.8) is 0 Å². The van der Waals surface area contributed by atoms with E-state index in [1.807, 2.05) is 0 Å². The third-order valence-corrected chi connectivity index (χ3v) is 4.82. The van der Waals surface area contributed by atoms with E-state index < -0.39 is 0 Å². The maximum absolute atomic E-state index is 12.5. The molecule has 118 valence electrons. The van der Waals surface area contributed by atoms with Gasteiger partial charge in [-0.2, -0.15) is 0 Å². The second-order valence-electron chi connectivity index (χ2n) is 5.43. The number of benzene rings is 1. The zero-order valence-electron chi connectivity index (χ0n) is 12.0. The normalized spacial score (nSPS) is 21.0. The Morgan fingerprint density at radius 1 is 1.33 bits per heavy atom. The summed E-state index contributed by atoms with van der Waals surface area (Å²) in [6.45, 7) is 1.02.